The largest absolute Gasteiger partial charge is 0.356 e. The van der Waals surface area contributed by atoms with Crippen molar-refractivity contribution in [3.8, 4) is 0 Å². The average Bonchev–Trinajstić information content (AvgIpc) is 1.83. The monoisotopic (exact) mass is 122 g/mol. The first-order valence-corrected chi connectivity index (χ1v) is 3.08. The fourth-order valence-corrected chi connectivity index (χ4v) is 0.389. The molecule has 0 saturated carbocycles. The van der Waals surface area contributed by atoms with Crippen LogP contribution in [-0.2, 0) is 4.79 Å². The van der Waals surface area contributed by atoms with E-state index in [9.17, 15) is 4.79 Å². The standard InChI is InChI=1S/C6H13NO.Li/c1-3-5-7-6(8)4-2;/h3-5H2,1-2H3,(H,7,8);. The number of hydrogen-bond acceptors (Lipinski definition) is 1. The van der Waals surface area contributed by atoms with Crippen molar-refractivity contribution < 1.29 is 4.79 Å². The van der Waals surface area contributed by atoms with E-state index in [0.29, 0.717) is 6.42 Å². The predicted molar refractivity (Wildman–Crippen MR) is 39.3 cm³/mol. The second kappa shape index (κ2) is 8.07. The van der Waals surface area contributed by atoms with Crippen molar-refractivity contribution in [2.75, 3.05) is 6.54 Å². The van der Waals surface area contributed by atoms with Gasteiger partial charge in [-0.3, -0.25) is 4.79 Å². The Balaban J connectivity index is 0. The Morgan fingerprint density at radius 3 is 2.33 bits per heavy atom. The van der Waals surface area contributed by atoms with Gasteiger partial charge in [0, 0.05) is 31.8 Å². The molecule has 0 aliphatic rings. The Morgan fingerprint density at radius 1 is 1.44 bits per heavy atom. The summed E-state index contributed by atoms with van der Waals surface area (Å²) in [5.41, 5.74) is 0. The van der Waals surface area contributed by atoms with Gasteiger partial charge in [-0.2, -0.15) is 0 Å². The number of hydrogen-bond donors (Lipinski definition) is 1. The Kier molecular flexibility index (Phi) is 10.6. The first kappa shape index (κ1) is 11.8. The van der Waals surface area contributed by atoms with E-state index in [1.54, 1.807) is 0 Å². The third-order valence-corrected chi connectivity index (χ3v) is 0.893. The molecule has 3 heteroatoms. The van der Waals surface area contributed by atoms with E-state index < -0.39 is 0 Å². The predicted octanol–water partition coefficient (Wildman–Crippen LogP) is 0.542. The molecule has 0 spiro atoms. The summed E-state index contributed by atoms with van der Waals surface area (Å²) in [7, 11) is 0. The van der Waals surface area contributed by atoms with Gasteiger partial charge in [0.15, 0.2) is 0 Å². The smallest absolute Gasteiger partial charge is 0.219 e. The van der Waals surface area contributed by atoms with E-state index in [0.717, 1.165) is 13.0 Å². The molecule has 0 aliphatic carbocycles. The van der Waals surface area contributed by atoms with Crippen LogP contribution in [0.4, 0.5) is 0 Å². The SMILES string of the molecule is CCCNC(=O)CC.[Li]. The van der Waals surface area contributed by atoms with Gasteiger partial charge in [0.1, 0.15) is 0 Å². The zero-order valence-electron chi connectivity index (χ0n) is 6.53. The molecule has 49 valence electrons. The van der Waals surface area contributed by atoms with Crippen molar-refractivity contribution >= 4 is 24.8 Å². The number of rotatable bonds is 3. The van der Waals surface area contributed by atoms with E-state index in [1.165, 1.54) is 0 Å². The third kappa shape index (κ3) is 8.07. The van der Waals surface area contributed by atoms with Gasteiger partial charge >= 0.3 is 0 Å². The van der Waals surface area contributed by atoms with E-state index in [1.807, 2.05) is 13.8 Å². The summed E-state index contributed by atoms with van der Waals surface area (Å²) < 4.78 is 0. The van der Waals surface area contributed by atoms with Crippen LogP contribution in [0, 0.1) is 0 Å². The number of nitrogens with one attached hydrogen (secondary N) is 1. The molecule has 1 radical (unpaired) electrons. The van der Waals surface area contributed by atoms with Crippen molar-refractivity contribution in [2.45, 2.75) is 26.7 Å². The average molecular weight is 122 g/mol. The van der Waals surface area contributed by atoms with Gasteiger partial charge in [0.05, 0.1) is 0 Å². The number of amides is 1. The second-order valence-electron chi connectivity index (χ2n) is 1.70. The Morgan fingerprint density at radius 2 is 2.00 bits per heavy atom. The molecule has 0 bridgehead atoms. The van der Waals surface area contributed by atoms with Crippen LogP contribution < -0.4 is 5.32 Å². The van der Waals surface area contributed by atoms with Crippen molar-refractivity contribution in [3.63, 3.8) is 0 Å². The molecule has 2 nitrogen and oxygen atoms in total. The fraction of sp³-hybridized carbons (Fsp3) is 0.833. The van der Waals surface area contributed by atoms with Crippen LogP contribution in [0.5, 0.6) is 0 Å². The van der Waals surface area contributed by atoms with Gasteiger partial charge in [0.2, 0.25) is 5.91 Å². The molecule has 9 heavy (non-hydrogen) atoms. The molecule has 0 fully saturated rings. The van der Waals surface area contributed by atoms with E-state index in [-0.39, 0.29) is 24.8 Å². The summed E-state index contributed by atoms with van der Waals surface area (Å²) in [6.45, 7) is 4.70. The van der Waals surface area contributed by atoms with Crippen LogP contribution in [0.3, 0.4) is 0 Å². The minimum Gasteiger partial charge on any atom is -0.356 e. The Labute approximate surface area is 68.6 Å². The number of carbonyl (C=O) groups excluding carboxylic acids is 1. The number of carbonyl (C=O) groups is 1. The molecule has 0 aromatic rings. The maximum Gasteiger partial charge on any atom is 0.219 e. The van der Waals surface area contributed by atoms with Crippen LogP contribution in [0.15, 0.2) is 0 Å². The molecule has 0 atom stereocenters. The molecule has 0 rings (SSSR count). The van der Waals surface area contributed by atoms with Gasteiger partial charge in [0.25, 0.3) is 0 Å². The van der Waals surface area contributed by atoms with Crippen molar-refractivity contribution in [1.82, 2.24) is 5.32 Å². The topological polar surface area (TPSA) is 29.1 Å². The minimum atomic E-state index is 0. The second-order valence-corrected chi connectivity index (χ2v) is 1.70. The van der Waals surface area contributed by atoms with Crippen LogP contribution in [0.1, 0.15) is 26.7 Å². The summed E-state index contributed by atoms with van der Waals surface area (Å²) >= 11 is 0. The zero-order valence-corrected chi connectivity index (χ0v) is 6.53. The molecule has 0 aromatic carbocycles. The Hall–Kier alpha value is 0.0674. The van der Waals surface area contributed by atoms with Crippen LogP contribution in [0.25, 0.3) is 0 Å². The fourth-order valence-electron chi connectivity index (χ4n) is 0.389. The van der Waals surface area contributed by atoms with E-state index >= 15 is 0 Å². The quantitative estimate of drug-likeness (QED) is 0.544. The Bertz CT molecular complexity index is 75.5. The molecule has 0 aromatic heterocycles. The molecule has 0 saturated heterocycles. The first-order valence-electron chi connectivity index (χ1n) is 3.08. The molecule has 0 unspecified atom stereocenters. The molecule has 0 aliphatic heterocycles. The third-order valence-electron chi connectivity index (χ3n) is 0.893. The first-order chi connectivity index (χ1) is 3.81. The minimum absolute atomic E-state index is 0. The zero-order chi connectivity index (χ0) is 6.41. The van der Waals surface area contributed by atoms with Crippen LogP contribution >= 0.6 is 0 Å². The molecule has 1 N–H and O–H groups in total. The van der Waals surface area contributed by atoms with Crippen LogP contribution in [0.2, 0.25) is 0 Å². The van der Waals surface area contributed by atoms with E-state index in [2.05, 4.69) is 5.32 Å². The van der Waals surface area contributed by atoms with Gasteiger partial charge in [-0.15, -0.1) is 0 Å². The summed E-state index contributed by atoms with van der Waals surface area (Å²) in [6, 6.07) is 0. The van der Waals surface area contributed by atoms with Crippen LogP contribution in [-0.4, -0.2) is 31.3 Å². The molecule has 0 heterocycles. The van der Waals surface area contributed by atoms with Crippen molar-refractivity contribution in [3.05, 3.63) is 0 Å². The van der Waals surface area contributed by atoms with Gasteiger partial charge < -0.3 is 5.32 Å². The summed E-state index contributed by atoms with van der Waals surface area (Å²) in [5, 5.41) is 2.74. The van der Waals surface area contributed by atoms with Gasteiger partial charge in [-0.1, -0.05) is 13.8 Å². The summed E-state index contributed by atoms with van der Waals surface area (Å²) in [4.78, 5) is 10.5. The summed E-state index contributed by atoms with van der Waals surface area (Å²) in [6.07, 6.45) is 1.62. The van der Waals surface area contributed by atoms with E-state index in [4.69, 9.17) is 0 Å². The van der Waals surface area contributed by atoms with Gasteiger partial charge in [-0.05, 0) is 6.42 Å². The molecule has 1 amide bonds. The molecular weight excluding hydrogens is 109 g/mol. The van der Waals surface area contributed by atoms with Gasteiger partial charge in [-0.25, -0.2) is 0 Å². The maximum atomic E-state index is 10.5. The normalized spacial score (nSPS) is 7.78. The summed E-state index contributed by atoms with van der Waals surface area (Å²) in [5.74, 6) is 0.145. The molecular formula is C6H13LiNO. The van der Waals surface area contributed by atoms with Crippen molar-refractivity contribution in [1.29, 1.82) is 0 Å². The maximum absolute atomic E-state index is 10.5. The van der Waals surface area contributed by atoms with Crippen molar-refractivity contribution in [2.24, 2.45) is 0 Å².